The second-order valence-corrected chi connectivity index (χ2v) is 5.62. The molecule has 1 fully saturated rings. The Morgan fingerprint density at radius 1 is 1.47 bits per heavy atom. The van der Waals surface area contributed by atoms with E-state index in [4.69, 9.17) is 16.4 Å². The second kappa shape index (κ2) is 4.55. The molecule has 5 heteroatoms. The SMILES string of the molecule is O[C@H]1CON(Cc2sc3ccccc3c2Cl)C1. The molecule has 1 N–H and O–H groups in total. The summed E-state index contributed by atoms with van der Waals surface area (Å²) >= 11 is 8.01. The van der Waals surface area contributed by atoms with Crippen LogP contribution in [0.5, 0.6) is 0 Å². The minimum atomic E-state index is -0.386. The lowest BCUT2D eigenvalue weighted by atomic mass is 10.2. The van der Waals surface area contributed by atoms with E-state index in [1.807, 2.05) is 18.2 Å². The van der Waals surface area contributed by atoms with Crippen molar-refractivity contribution in [3.8, 4) is 0 Å². The molecule has 0 amide bonds. The van der Waals surface area contributed by atoms with Gasteiger partial charge in [-0.2, -0.15) is 5.06 Å². The first-order chi connectivity index (χ1) is 8.24. The Labute approximate surface area is 108 Å². The van der Waals surface area contributed by atoms with Crippen LogP contribution in [0, 0.1) is 0 Å². The zero-order valence-electron chi connectivity index (χ0n) is 9.10. The second-order valence-electron chi connectivity index (χ2n) is 4.11. The highest BCUT2D eigenvalue weighted by Gasteiger charge is 2.23. The number of hydroxylamine groups is 2. The van der Waals surface area contributed by atoms with Crippen LogP contribution in [-0.4, -0.2) is 29.4 Å². The van der Waals surface area contributed by atoms with Crippen LogP contribution in [0.4, 0.5) is 0 Å². The quantitative estimate of drug-likeness (QED) is 0.910. The molecule has 3 nitrogen and oxygen atoms in total. The average Bonchev–Trinajstić information content (AvgIpc) is 2.86. The summed E-state index contributed by atoms with van der Waals surface area (Å²) in [4.78, 5) is 6.44. The lowest BCUT2D eigenvalue weighted by molar-refractivity contribution is -0.117. The number of benzene rings is 1. The summed E-state index contributed by atoms with van der Waals surface area (Å²) in [6.45, 7) is 1.56. The third kappa shape index (κ3) is 2.19. The molecule has 1 aromatic carbocycles. The van der Waals surface area contributed by atoms with E-state index in [2.05, 4.69) is 6.07 Å². The normalized spacial score (nSPS) is 21.4. The predicted molar refractivity (Wildman–Crippen MR) is 69.2 cm³/mol. The highest BCUT2D eigenvalue weighted by Crippen LogP contribution is 2.36. The highest BCUT2D eigenvalue weighted by atomic mass is 35.5. The summed E-state index contributed by atoms with van der Waals surface area (Å²) in [5, 5.41) is 13.0. The van der Waals surface area contributed by atoms with Gasteiger partial charge in [0, 0.05) is 15.0 Å². The van der Waals surface area contributed by atoms with Gasteiger partial charge in [0.05, 0.1) is 30.8 Å². The van der Waals surface area contributed by atoms with Gasteiger partial charge in [-0.1, -0.05) is 29.8 Å². The number of halogens is 1. The maximum Gasteiger partial charge on any atom is 0.0958 e. The maximum atomic E-state index is 9.39. The Kier molecular flexibility index (Phi) is 3.06. The molecule has 0 spiro atoms. The first-order valence-corrected chi connectivity index (χ1v) is 6.65. The van der Waals surface area contributed by atoms with Gasteiger partial charge >= 0.3 is 0 Å². The molecule has 0 saturated carbocycles. The van der Waals surface area contributed by atoms with Crippen LogP contribution in [0.3, 0.4) is 0 Å². The van der Waals surface area contributed by atoms with Crippen molar-refractivity contribution in [3.63, 3.8) is 0 Å². The molecule has 0 aliphatic carbocycles. The molecule has 1 aromatic heterocycles. The number of hydrogen-bond acceptors (Lipinski definition) is 4. The van der Waals surface area contributed by atoms with E-state index in [1.54, 1.807) is 16.4 Å². The van der Waals surface area contributed by atoms with Crippen molar-refractivity contribution < 1.29 is 9.94 Å². The molecule has 0 radical (unpaired) electrons. The monoisotopic (exact) mass is 269 g/mol. The molecule has 1 aliphatic heterocycles. The Bertz CT molecular complexity index is 542. The van der Waals surface area contributed by atoms with E-state index >= 15 is 0 Å². The first-order valence-electron chi connectivity index (χ1n) is 5.46. The number of aliphatic hydroxyl groups is 1. The minimum Gasteiger partial charge on any atom is -0.389 e. The first kappa shape index (κ1) is 11.4. The lowest BCUT2D eigenvalue weighted by Gasteiger charge is -2.11. The van der Waals surface area contributed by atoms with Gasteiger partial charge in [-0.25, -0.2) is 0 Å². The molecule has 0 bridgehead atoms. The van der Waals surface area contributed by atoms with Gasteiger partial charge in [-0.15, -0.1) is 11.3 Å². The van der Waals surface area contributed by atoms with Crippen molar-refractivity contribution in [2.75, 3.05) is 13.2 Å². The predicted octanol–water partition coefficient (Wildman–Crippen LogP) is 2.66. The summed E-state index contributed by atoms with van der Waals surface area (Å²) in [7, 11) is 0. The van der Waals surface area contributed by atoms with E-state index in [9.17, 15) is 5.11 Å². The van der Waals surface area contributed by atoms with Gasteiger partial charge in [0.2, 0.25) is 0 Å². The van der Waals surface area contributed by atoms with Crippen LogP contribution in [0.2, 0.25) is 5.02 Å². The summed E-state index contributed by atoms with van der Waals surface area (Å²) < 4.78 is 1.19. The van der Waals surface area contributed by atoms with Crippen LogP contribution in [0.25, 0.3) is 10.1 Å². The summed E-state index contributed by atoms with van der Waals surface area (Å²) in [5.41, 5.74) is 0. The van der Waals surface area contributed by atoms with Gasteiger partial charge in [-0.05, 0) is 6.07 Å². The summed E-state index contributed by atoms with van der Waals surface area (Å²) in [6, 6.07) is 8.09. The van der Waals surface area contributed by atoms with E-state index in [0.717, 1.165) is 15.3 Å². The molecule has 1 saturated heterocycles. The lowest BCUT2D eigenvalue weighted by Crippen LogP contribution is -2.20. The largest absolute Gasteiger partial charge is 0.389 e. The Morgan fingerprint density at radius 2 is 2.29 bits per heavy atom. The Hall–Kier alpha value is -0.650. The molecule has 17 heavy (non-hydrogen) atoms. The Morgan fingerprint density at radius 3 is 3.00 bits per heavy atom. The van der Waals surface area contributed by atoms with Crippen molar-refractivity contribution in [2.24, 2.45) is 0 Å². The average molecular weight is 270 g/mol. The van der Waals surface area contributed by atoms with Crippen LogP contribution < -0.4 is 0 Å². The molecular weight excluding hydrogens is 258 g/mol. The third-order valence-corrected chi connectivity index (χ3v) is 4.48. The number of thiophene rings is 1. The summed E-state index contributed by atoms with van der Waals surface area (Å²) in [6.07, 6.45) is -0.386. The minimum absolute atomic E-state index is 0.377. The molecule has 2 heterocycles. The van der Waals surface area contributed by atoms with E-state index in [0.29, 0.717) is 19.7 Å². The van der Waals surface area contributed by atoms with Crippen molar-refractivity contribution in [3.05, 3.63) is 34.2 Å². The standard InChI is InChI=1S/C12H12ClNO2S/c13-12-9-3-1-2-4-10(9)17-11(12)6-14-5-8(15)7-16-14/h1-4,8,15H,5-7H2/t8-/m1/s1. The number of β-amino-alcohol motifs (C(OH)–C–C–N with tert-alkyl or cyclic N) is 1. The number of nitrogens with zero attached hydrogens (tertiary/aromatic N) is 1. The molecule has 1 aliphatic rings. The van der Waals surface area contributed by atoms with Crippen molar-refractivity contribution in [2.45, 2.75) is 12.6 Å². The van der Waals surface area contributed by atoms with Crippen molar-refractivity contribution >= 4 is 33.0 Å². The number of aliphatic hydroxyl groups excluding tert-OH is 1. The van der Waals surface area contributed by atoms with Crippen LogP contribution in [0.1, 0.15) is 4.88 Å². The van der Waals surface area contributed by atoms with Crippen LogP contribution in [-0.2, 0) is 11.4 Å². The van der Waals surface area contributed by atoms with Crippen molar-refractivity contribution in [1.82, 2.24) is 5.06 Å². The maximum absolute atomic E-state index is 9.39. The van der Waals surface area contributed by atoms with E-state index < -0.39 is 0 Å². The fraction of sp³-hybridized carbons (Fsp3) is 0.333. The van der Waals surface area contributed by atoms with Gasteiger partial charge in [0.15, 0.2) is 0 Å². The van der Waals surface area contributed by atoms with Crippen molar-refractivity contribution in [1.29, 1.82) is 0 Å². The molecule has 2 aromatic rings. The summed E-state index contributed by atoms with van der Waals surface area (Å²) in [5.74, 6) is 0. The molecule has 90 valence electrons. The van der Waals surface area contributed by atoms with E-state index in [1.165, 1.54) is 4.70 Å². The molecule has 1 atom stereocenters. The zero-order valence-corrected chi connectivity index (χ0v) is 10.7. The number of fused-ring (bicyclic) bond motifs is 1. The van der Waals surface area contributed by atoms with Gasteiger partial charge in [0.1, 0.15) is 0 Å². The van der Waals surface area contributed by atoms with Gasteiger partial charge in [0.25, 0.3) is 0 Å². The fourth-order valence-electron chi connectivity index (χ4n) is 1.97. The van der Waals surface area contributed by atoms with E-state index in [-0.39, 0.29) is 6.10 Å². The number of hydrogen-bond donors (Lipinski definition) is 1. The van der Waals surface area contributed by atoms with Crippen LogP contribution in [0.15, 0.2) is 24.3 Å². The zero-order chi connectivity index (χ0) is 11.8. The molecular formula is C12H12ClNO2S. The highest BCUT2D eigenvalue weighted by molar-refractivity contribution is 7.19. The molecule has 3 rings (SSSR count). The van der Waals surface area contributed by atoms with Crippen LogP contribution >= 0.6 is 22.9 Å². The number of rotatable bonds is 2. The molecule has 0 unspecified atom stereocenters. The van der Waals surface area contributed by atoms with Gasteiger partial charge < -0.3 is 5.11 Å². The Balaban J connectivity index is 1.88. The van der Waals surface area contributed by atoms with Gasteiger partial charge in [-0.3, -0.25) is 4.84 Å². The third-order valence-electron chi connectivity index (χ3n) is 2.79. The topological polar surface area (TPSA) is 32.7 Å². The smallest absolute Gasteiger partial charge is 0.0958 e. The fourth-order valence-corrected chi connectivity index (χ4v) is 3.47.